The molecule has 1 unspecified atom stereocenters. The lowest BCUT2D eigenvalue weighted by molar-refractivity contribution is -0.122. The third-order valence-electron chi connectivity index (χ3n) is 3.80. The number of hydrogen-bond donors (Lipinski definition) is 2. The van der Waals surface area contributed by atoms with Gasteiger partial charge in [-0.1, -0.05) is 6.92 Å². The first kappa shape index (κ1) is 15.4. The largest absolute Gasteiger partial charge is 0.355 e. The number of piperidine rings is 1. The van der Waals surface area contributed by atoms with Gasteiger partial charge >= 0.3 is 0 Å². The molecule has 1 aliphatic rings. The van der Waals surface area contributed by atoms with Gasteiger partial charge in [0, 0.05) is 12.6 Å². The van der Waals surface area contributed by atoms with E-state index in [1.807, 2.05) is 6.92 Å². The molecule has 1 heterocycles. The molecule has 0 bridgehead atoms. The molecule has 0 aromatic heterocycles. The van der Waals surface area contributed by atoms with Crippen molar-refractivity contribution >= 4 is 5.91 Å². The molecule has 1 fully saturated rings. The SMILES string of the molecule is CCCNC(C)C1CCN(CC(=O)NCC)CC1. The van der Waals surface area contributed by atoms with Gasteiger partial charge in [0.1, 0.15) is 0 Å². The van der Waals surface area contributed by atoms with E-state index in [1.54, 1.807) is 0 Å². The van der Waals surface area contributed by atoms with Crippen LogP contribution in [0.15, 0.2) is 0 Å². The molecule has 106 valence electrons. The lowest BCUT2D eigenvalue weighted by atomic mass is 9.90. The van der Waals surface area contributed by atoms with E-state index in [0.29, 0.717) is 12.6 Å². The summed E-state index contributed by atoms with van der Waals surface area (Å²) in [6.07, 6.45) is 3.61. The molecule has 0 spiro atoms. The summed E-state index contributed by atoms with van der Waals surface area (Å²) in [5.41, 5.74) is 0. The van der Waals surface area contributed by atoms with Gasteiger partial charge in [-0.25, -0.2) is 0 Å². The van der Waals surface area contributed by atoms with Crippen molar-refractivity contribution in [2.75, 3.05) is 32.7 Å². The van der Waals surface area contributed by atoms with Gasteiger partial charge in [-0.2, -0.15) is 0 Å². The topological polar surface area (TPSA) is 44.4 Å². The maximum Gasteiger partial charge on any atom is 0.234 e. The summed E-state index contributed by atoms with van der Waals surface area (Å²) in [5.74, 6) is 0.926. The van der Waals surface area contributed by atoms with Crippen molar-refractivity contribution in [1.29, 1.82) is 0 Å². The van der Waals surface area contributed by atoms with Crippen molar-refractivity contribution in [3.63, 3.8) is 0 Å². The summed E-state index contributed by atoms with van der Waals surface area (Å²) in [5, 5.41) is 6.44. The average Bonchev–Trinajstić information content (AvgIpc) is 2.37. The molecular formula is C14H29N3O. The van der Waals surface area contributed by atoms with Crippen LogP contribution in [0.3, 0.4) is 0 Å². The van der Waals surface area contributed by atoms with Gasteiger partial charge in [0.15, 0.2) is 0 Å². The van der Waals surface area contributed by atoms with Crippen LogP contribution in [0.25, 0.3) is 0 Å². The van der Waals surface area contributed by atoms with Gasteiger partial charge in [0.05, 0.1) is 6.54 Å². The Morgan fingerprint density at radius 1 is 1.33 bits per heavy atom. The summed E-state index contributed by atoms with van der Waals surface area (Å²) in [6.45, 7) is 11.0. The van der Waals surface area contributed by atoms with Crippen molar-refractivity contribution in [2.45, 2.75) is 46.1 Å². The second-order valence-corrected chi connectivity index (χ2v) is 5.31. The van der Waals surface area contributed by atoms with Crippen LogP contribution >= 0.6 is 0 Å². The average molecular weight is 255 g/mol. The summed E-state index contributed by atoms with van der Waals surface area (Å²) in [4.78, 5) is 13.8. The molecule has 4 heteroatoms. The van der Waals surface area contributed by atoms with Gasteiger partial charge in [0.2, 0.25) is 5.91 Å². The number of amides is 1. The number of carbonyl (C=O) groups excluding carboxylic acids is 1. The highest BCUT2D eigenvalue weighted by Crippen LogP contribution is 2.20. The fourth-order valence-electron chi connectivity index (χ4n) is 2.61. The first-order valence-electron chi connectivity index (χ1n) is 7.39. The van der Waals surface area contributed by atoms with Crippen LogP contribution in [0.1, 0.15) is 40.0 Å². The standard InChI is InChI=1S/C14H29N3O/c1-4-8-16-12(3)13-6-9-17(10-7-13)11-14(18)15-5-2/h12-13,16H,4-11H2,1-3H3,(H,15,18). The Balaban J connectivity index is 2.21. The van der Waals surface area contributed by atoms with E-state index in [9.17, 15) is 4.79 Å². The number of nitrogens with zero attached hydrogens (tertiary/aromatic N) is 1. The van der Waals surface area contributed by atoms with Crippen molar-refractivity contribution in [3.8, 4) is 0 Å². The first-order chi connectivity index (χ1) is 8.67. The molecule has 0 aliphatic carbocycles. The Hall–Kier alpha value is -0.610. The monoisotopic (exact) mass is 255 g/mol. The van der Waals surface area contributed by atoms with Gasteiger partial charge < -0.3 is 10.6 Å². The van der Waals surface area contributed by atoms with Crippen molar-refractivity contribution in [2.24, 2.45) is 5.92 Å². The highest BCUT2D eigenvalue weighted by Gasteiger charge is 2.24. The highest BCUT2D eigenvalue weighted by molar-refractivity contribution is 5.77. The first-order valence-corrected chi connectivity index (χ1v) is 7.39. The summed E-state index contributed by atoms with van der Waals surface area (Å²) < 4.78 is 0. The maximum atomic E-state index is 11.5. The van der Waals surface area contributed by atoms with Gasteiger partial charge in [-0.15, -0.1) is 0 Å². The number of carbonyl (C=O) groups is 1. The van der Waals surface area contributed by atoms with Crippen LogP contribution < -0.4 is 10.6 Å². The molecule has 4 nitrogen and oxygen atoms in total. The fourth-order valence-corrected chi connectivity index (χ4v) is 2.61. The lowest BCUT2D eigenvalue weighted by Gasteiger charge is -2.34. The van der Waals surface area contributed by atoms with Gasteiger partial charge in [0.25, 0.3) is 0 Å². The van der Waals surface area contributed by atoms with E-state index in [4.69, 9.17) is 0 Å². The number of rotatable bonds is 7. The zero-order valence-corrected chi connectivity index (χ0v) is 12.2. The van der Waals surface area contributed by atoms with Crippen LogP contribution in [0, 0.1) is 5.92 Å². The molecule has 1 atom stereocenters. The summed E-state index contributed by atoms with van der Waals surface area (Å²) >= 11 is 0. The quantitative estimate of drug-likeness (QED) is 0.719. The molecule has 1 amide bonds. The second kappa shape index (κ2) is 8.48. The minimum atomic E-state index is 0.160. The smallest absolute Gasteiger partial charge is 0.234 e. The Kier molecular flexibility index (Phi) is 7.28. The molecule has 0 aromatic carbocycles. The summed E-state index contributed by atoms with van der Waals surface area (Å²) in [7, 11) is 0. The van der Waals surface area contributed by atoms with Crippen LogP contribution in [-0.2, 0) is 4.79 Å². The normalized spacial score (nSPS) is 19.7. The second-order valence-electron chi connectivity index (χ2n) is 5.31. The third kappa shape index (κ3) is 5.36. The zero-order chi connectivity index (χ0) is 13.4. The van der Waals surface area contributed by atoms with E-state index in [2.05, 4.69) is 29.4 Å². The molecule has 1 saturated heterocycles. The molecule has 0 saturated carbocycles. The van der Waals surface area contributed by atoms with Crippen LogP contribution in [-0.4, -0.2) is 49.6 Å². The van der Waals surface area contributed by atoms with E-state index in [0.717, 1.165) is 32.1 Å². The Morgan fingerprint density at radius 3 is 2.56 bits per heavy atom. The summed E-state index contributed by atoms with van der Waals surface area (Å²) in [6, 6.07) is 0.608. The highest BCUT2D eigenvalue weighted by atomic mass is 16.2. The molecule has 2 N–H and O–H groups in total. The Labute approximate surface area is 111 Å². The lowest BCUT2D eigenvalue weighted by Crippen LogP contribution is -2.45. The van der Waals surface area contributed by atoms with Crippen molar-refractivity contribution in [3.05, 3.63) is 0 Å². The van der Waals surface area contributed by atoms with Gasteiger partial charge in [-0.05, 0) is 58.7 Å². The maximum absolute atomic E-state index is 11.5. The predicted octanol–water partition coefficient (Wildman–Crippen LogP) is 1.22. The molecule has 1 aliphatic heterocycles. The predicted molar refractivity (Wildman–Crippen MR) is 75.6 cm³/mol. The van der Waals surface area contributed by atoms with Crippen LogP contribution in [0.2, 0.25) is 0 Å². The number of likely N-dealkylation sites (N-methyl/N-ethyl adjacent to an activating group) is 1. The van der Waals surface area contributed by atoms with Gasteiger partial charge in [-0.3, -0.25) is 9.69 Å². The third-order valence-corrected chi connectivity index (χ3v) is 3.80. The van der Waals surface area contributed by atoms with E-state index >= 15 is 0 Å². The molecule has 1 rings (SSSR count). The van der Waals surface area contributed by atoms with E-state index in [-0.39, 0.29) is 5.91 Å². The number of nitrogens with one attached hydrogen (secondary N) is 2. The molecule has 18 heavy (non-hydrogen) atoms. The molecule has 0 aromatic rings. The van der Waals surface area contributed by atoms with Crippen LogP contribution in [0.5, 0.6) is 0 Å². The Bertz CT molecular complexity index is 237. The van der Waals surface area contributed by atoms with E-state index in [1.165, 1.54) is 19.3 Å². The molecular weight excluding hydrogens is 226 g/mol. The van der Waals surface area contributed by atoms with Crippen molar-refractivity contribution in [1.82, 2.24) is 15.5 Å². The van der Waals surface area contributed by atoms with E-state index < -0.39 is 0 Å². The number of likely N-dealkylation sites (tertiary alicyclic amines) is 1. The van der Waals surface area contributed by atoms with Crippen molar-refractivity contribution < 1.29 is 4.79 Å². The minimum absolute atomic E-state index is 0.160. The fraction of sp³-hybridized carbons (Fsp3) is 0.929. The zero-order valence-electron chi connectivity index (χ0n) is 12.2. The minimum Gasteiger partial charge on any atom is -0.355 e. The molecule has 0 radical (unpaired) electrons. The number of hydrogen-bond acceptors (Lipinski definition) is 3. The Morgan fingerprint density at radius 2 is 2.00 bits per heavy atom. The van der Waals surface area contributed by atoms with Crippen LogP contribution in [0.4, 0.5) is 0 Å².